The Hall–Kier alpha value is -0.930. The Morgan fingerprint density at radius 3 is 2.94 bits per heavy atom. The van der Waals surface area contributed by atoms with E-state index in [0.717, 1.165) is 37.9 Å². The van der Waals surface area contributed by atoms with Crippen LogP contribution in [0.25, 0.3) is 0 Å². The molecule has 1 aromatic rings. The summed E-state index contributed by atoms with van der Waals surface area (Å²) >= 11 is 0. The van der Waals surface area contributed by atoms with Crippen LogP contribution in [0.1, 0.15) is 24.8 Å². The molecule has 16 heavy (non-hydrogen) atoms. The van der Waals surface area contributed by atoms with Gasteiger partial charge in [-0.15, -0.1) is 0 Å². The highest BCUT2D eigenvalue weighted by molar-refractivity contribution is 5.26. The van der Waals surface area contributed by atoms with Crippen LogP contribution in [0.2, 0.25) is 0 Å². The first-order chi connectivity index (χ1) is 7.77. The van der Waals surface area contributed by atoms with E-state index in [9.17, 15) is 9.50 Å². The van der Waals surface area contributed by atoms with Gasteiger partial charge in [0.15, 0.2) is 0 Å². The third kappa shape index (κ3) is 2.25. The van der Waals surface area contributed by atoms with Gasteiger partial charge in [-0.3, -0.25) is 0 Å². The summed E-state index contributed by atoms with van der Waals surface area (Å²) in [5, 5.41) is 13.0. The molecule has 1 aliphatic rings. The zero-order valence-corrected chi connectivity index (χ0v) is 9.38. The van der Waals surface area contributed by atoms with Gasteiger partial charge in [0, 0.05) is 5.41 Å². The first kappa shape index (κ1) is 11.6. The second kappa shape index (κ2) is 4.93. The van der Waals surface area contributed by atoms with Gasteiger partial charge in [-0.2, -0.15) is 0 Å². The van der Waals surface area contributed by atoms with Gasteiger partial charge in [0.1, 0.15) is 5.82 Å². The predicted octanol–water partition coefficient (Wildman–Crippen LogP) is 1.83. The molecule has 1 saturated heterocycles. The van der Waals surface area contributed by atoms with Crippen LogP contribution in [-0.4, -0.2) is 24.8 Å². The summed E-state index contributed by atoms with van der Waals surface area (Å²) in [5.41, 5.74) is 0.671. The van der Waals surface area contributed by atoms with Crippen LogP contribution >= 0.6 is 0 Å². The standard InChI is InChI=1S/C13H18FNO/c14-12-4-1-3-11(9-12)13(10-16)5-2-7-15-8-6-13/h1,3-4,9,15-16H,2,5-8,10H2. The van der Waals surface area contributed by atoms with Crippen LogP contribution in [0.3, 0.4) is 0 Å². The fraction of sp³-hybridized carbons (Fsp3) is 0.538. The van der Waals surface area contributed by atoms with Crippen LogP contribution < -0.4 is 5.32 Å². The van der Waals surface area contributed by atoms with E-state index < -0.39 is 0 Å². The van der Waals surface area contributed by atoms with Crippen molar-refractivity contribution in [1.29, 1.82) is 0 Å². The molecule has 2 nitrogen and oxygen atoms in total. The molecule has 1 aliphatic heterocycles. The predicted molar refractivity (Wildman–Crippen MR) is 61.9 cm³/mol. The molecule has 0 bridgehead atoms. The Bertz CT molecular complexity index is 346. The third-order valence-electron chi connectivity index (χ3n) is 3.53. The molecule has 0 spiro atoms. The third-order valence-corrected chi connectivity index (χ3v) is 3.53. The largest absolute Gasteiger partial charge is 0.395 e. The number of nitrogens with one attached hydrogen (secondary N) is 1. The molecule has 0 saturated carbocycles. The van der Waals surface area contributed by atoms with Crippen LogP contribution in [0.5, 0.6) is 0 Å². The quantitative estimate of drug-likeness (QED) is 0.801. The van der Waals surface area contributed by atoms with E-state index >= 15 is 0 Å². The van der Waals surface area contributed by atoms with Crippen molar-refractivity contribution in [3.05, 3.63) is 35.6 Å². The summed E-state index contributed by atoms with van der Waals surface area (Å²) in [5.74, 6) is -0.220. The Labute approximate surface area is 95.5 Å². The molecule has 1 unspecified atom stereocenters. The SMILES string of the molecule is OCC1(c2cccc(F)c2)CCCNCC1. The highest BCUT2D eigenvalue weighted by Gasteiger charge is 2.32. The van der Waals surface area contributed by atoms with Crippen LogP contribution in [0.15, 0.2) is 24.3 Å². The van der Waals surface area contributed by atoms with Crippen LogP contribution in [-0.2, 0) is 5.41 Å². The van der Waals surface area contributed by atoms with Crippen molar-refractivity contribution in [3.63, 3.8) is 0 Å². The number of hydrogen-bond donors (Lipinski definition) is 2. The zero-order chi connectivity index (χ0) is 11.4. The lowest BCUT2D eigenvalue weighted by Crippen LogP contribution is -2.31. The van der Waals surface area contributed by atoms with E-state index in [1.54, 1.807) is 12.1 Å². The Balaban J connectivity index is 2.31. The smallest absolute Gasteiger partial charge is 0.123 e. The first-order valence-electron chi connectivity index (χ1n) is 5.84. The number of benzene rings is 1. The molecule has 2 rings (SSSR count). The number of aliphatic hydroxyl groups is 1. The zero-order valence-electron chi connectivity index (χ0n) is 9.38. The fourth-order valence-corrected chi connectivity index (χ4v) is 2.49. The van der Waals surface area contributed by atoms with E-state index in [2.05, 4.69) is 5.32 Å². The van der Waals surface area contributed by atoms with Crippen molar-refractivity contribution < 1.29 is 9.50 Å². The molecule has 0 aliphatic carbocycles. The molecule has 88 valence electrons. The number of halogens is 1. The van der Waals surface area contributed by atoms with Gasteiger partial charge in [-0.05, 0) is 50.0 Å². The van der Waals surface area contributed by atoms with E-state index in [4.69, 9.17) is 0 Å². The van der Waals surface area contributed by atoms with Crippen molar-refractivity contribution in [2.45, 2.75) is 24.7 Å². The molecular weight excluding hydrogens is 205 g/mol. The van der Waals surface area contributed by atoms with Gasteiger partial charge in [-0.25, -0.2) is 4.39 Å². The van der Waals surface area contributed by atoms with E-state index in [1.165, 1.54) is 6.07 Å². The van der Waals surface area contributed by atoms with Crippen molar-refractivity contribution in [3.8, 4) is 0 Å². The summed E-state index contributed by atoms with van der Waals surface area (Å²) in [6.45, 7) is 1.96. The summed E-state index contributed by atoms with van der Waals surface area (Å²) in [6.07, 6.45) is 2.81. The second-order valence-electron chi connectivity index (χ2n) is 4.55. The van der Waals surface area contributed by atoms with E-state index in [1.807, 2.05) is 6.07 Å². The molecule has 3 heteroatoms. The van der Waals surface area contributed by atoms with Crippen molar-refractivity contribution in [2.24, 2.45) is 0 Å². The molecule has 1 heterocycles. The lowest BCUT2D eigenvalue weighted by atomic mass is 9.75. The van der Waals surface area contributed by atoms with Gasteiger partial charge in [0.2, 0.25) is 0 Å². The van der Waals surface area contributed by atoms with E-state index in [-0.39, 0.29) is 17.8 Å². The van der Waals surface area contributed by atoms with Gasteiger partial charge in [0.05, 0.1) is 6.61 Å². The lowest BCUT2D eigenvalue weighted by molar-refractivity contribution is 0.178. The highest BCUT2D eigenvalue weighted by atomic mass is 19.1. The Kier molecular flexibility index (Phi) is 3.56. The van der Waals surface area contributed by atoms with Gasteiger partial charge in [0.25, 0.3) is 0 Å². The Morgan fingerprint density at radius 1 is 1.31 bits per heavy atom. The van der Waals surface area contributed by atoms with Crippen LogP contribution in [0.4, 0.5) is 4.39 Å². The van der Waals surface area contributed by atoms with E-state index in [0.29, 0.717) is 0 Å². The lowest BCUT2D eigenvalue weighted by Gasteiger charge is -2.31. The molecule has 0 amide bonds. The fourth-order valence-electron chi connectivity index (χ4n) is 2.49. The number of aliphatic hydroxyl groups excluding tert-OH is 1. The van der Waals surface area contributed by atoms with Crippen molar-refractivity contribution >= 4 is 0 Å². The minimum atomic E-state index is -0.258. The van der Waals surface area contributed by atoms with Crippen LogP contribution in [0, 0.1) is 5.82 Å². The topological polar surface area (TPSA) is 32.3 Å². The number of hydrogen-bond acceptors (Lipinski definition) is 2. The summed E-state index contributed by atoms with van der Waals surface area (Å²) < 4.78 is 13.2. The normalized spacial score (nSPS) is 26.4. The summed E-state index contributed by atoms with van der Waals surface area (Å²) in [7, 11) is 0. The van der Waals surface area contributed by atoms with Gasteiger partial charge < -0.3 is 10.4 Å². The average molecular weight is 223 g/mol. The summed E-state index contributed by atoms with van der Waals surface area (Å²) in [6, 6.07) is 6.65. The molecule has 2 N–H and O–H groups in total. The monoisotopic (exact) mass is 223 g/mol. The molecular formula is C13H18FNO. The van der Waals surface area contributed by atoms with Gasteiger partial charge in [-0.1, -0.05) is 12.1 Å². The average Bonchev–Trinajstić information content (AvgIpc) is 2.55. The second-order valence-corrected chi connectivity index (χ2v) is 4.55. The summed E-state index contributed by atoms with van der Waals surface area (Å²) in [4.78, 5) is 0. The molecule has 1 atom stereocenters. The first-order valence-corrected chi connectivity index (χ1v) is 5.84. The maximum Gasteiger partial charge on any atom is 0.123 e. The maximum atomic E-state index is 13.2. The molecule has 0 radical (unpaired) electrons. The minimum absolute atomic E-state index is 0.0954. The molecule has 0 aromatic heterocycles. The van der Waals surface area contributed by atoms with Gasteiger partial charge >= 0.3 is 0 Å². The maximum absolute atomic E-state index is 13.2. The van der Waals surface area contributed by atoms with Crippen molar-refractivity contribution in [2.75, 3.05) is 19.7 Å². The molecule has 1 aromatic carbocycles. The Morgan fingerprint density at radius 2 is 2.19 bits per heavy atom. The minimum Gasteiger partial charge on any atom is -0.395 e. The molecule has 1 fully saturated rings. The number of rotatable bonds is 2. The highest BCUT2D eigenvalue weighted by Crippen LogP contribution is 2.33. The van der Waals surface area contributed by atoms with Crippen molar-refractivity contribution in [1.82, 2.24) is 5.32 Å².